The van der Waals surface area contributed by atoms with Crippen molar-refractivity contribution < 1.29 is 4.42 Å². The number of hydrogen-bond donors (Lipinski definition) is 0. The Morgan fingerprint density at radius 3 is 3.08 bits per heavy atom. The van der Waals surface area contributed by atoms with Crippen LogP contribution < -0.4 is 5.63 Å². The van der Waals surface area contributed by atoms with E-state index in [2.05, 4.69) is 6.07 Å². The van der Waals surface area contributed by atoms with Gasteiger partial charge < -0.3 is 4.42 Å². The van der Waals surface area contributed by atoms with Gasteiger partial charge in [0, 0.05) is 11.5 Å². The van der Waals surface area contributed by atoms with Crippen LogP contribution in [-0.4, -0.2) is 0 Å². The summed E-state index contributed by atoms with van der Waals surface area (Å²) in [7, 11) is 0. The topological polar surface area (TPSA) is 30.2 Å². The lowest BCUT2D eigenvalue weighted by Crippen LogP contribution is -1.94. The monoisotopic (exact) mass is 159 g/mol. The smallest absolute Gasteiger partial charge is 0.336 e. The molecule has 2 heteroatoms. The summed E-state index contributed by atoms with van der Waals surface area (Å²) in [5.74, 6) is 0. The predicted octanol–water partition coefficient (Wildman–Crippen LogP) is 1.90. The van der Waals surface area contributed by atoms with Gasteiger partial charge in [-0.15, -0.1) is 0 Å². The summed E-state index contributed by atoms with van der Waals surface area (Å²) in [6, 6.07) is 9.75. The van der Waals surface area contributed by atoms with E-state index in [0.29, 0.717) is 5.58 Å². The number of fused-ring (bicyclic) bond motifs is 1. The average molecular weight is 159 g/mol. The van der Waals surface area contributed by atoms with Crippen molar-refractivity contribution in [3.05, 3.63) is 46.3 Å². The molecule has 1 aromatic carbocycles. The first-order valence-electron chi connectivity index (χ1n) is 3.68. The Kier molecular flexibility index (Phi) is 1.47. The second-order valence-corrected chi connectivity index (χ2v) is 2.69. The van der Waals surface area contributed by atoms with Crippen LogP contribution in [-0.2, 0) is 0 Å². The van der Waals surface area contributed by atoms with Gasteiger partial charge in [-0.2, -0.15) is 0 Å². The fourth-order valence-corrected chi connectivity index (χ4v) is 1.13. The molecule has 0 bridgehead atoms. The van der Waals surface area contributed by atoms with Crippen LogP contribution in [0.3, 0.4) is 0 Å². The van der Waals surface area contributed by atoms with Crippen LogP contribution in [0.1, 0.15) is 5.56 Å². The summed E-state index contributed by atoms with van der Waals surface area (Å²) in [4.78, 5) is 10.8. The Morgan fingerprint density at radius 1 is 1.42 bits per heavy atom. The summed E-state index contributed by atoms with van der Waals surface area (Å²) < 4.78 is 4.93. The zero-order chi connectivity index (χ0) is 8.55. The second-order valence-electron chi connectivity index (χ2n) is 2.69. The third-order valence-electron chi connectivity index (χ3n) is 1.70. The van der Waals surface area contributed by atoms with E-state index in [0.717, 1.165) is 10.9 Å². The number of benzene rings is 1. The van der Waals surface area contributed by atoms with Crippen LogP contribution in [0.4, 0.5) is 0 Å². The lowest BCUT2D eigenvalue weighted by atomic mass is 10.2. The van der Waals surface area contributed by atoms with Crippen molar-refractivity contribution >= 4 is 11.0 Å². The van der Waals surface area contributed by atoms with Gasteiger partial charge >= 0.3 is 5.63 Å². The van der Waals surface area contributed by atoms with Crippen LogP contribution in [0, 0.1) is 13.0 Å². The highest BCUT2D eigenvalue weighted by atomic mass is 16.4. The molecular weight excluding hydrogens is 152 g/mol. The Morgan fingerprint density at radius 2 is 2.25 bits per heavy atom. The fraction of sp³-hybridized carbons (Fsp3) is 0.100. The van der Waals surface area contributed by atoms with Crippen molar-refractivity contribution in [2.45, 2.75) is 6.92 Å². The van der Waals surface area contributed by atoms with Gasteiger partial charge in [0.25, 0.3) is 0 Å². The van der Waals surface area contributed by atoms with Gasteiger partial charge in [0.15, 0.2) is 0 Å². The van der Waals surface area contributed by atoms with Crippen LogP contribution in [0.5, 0.6) is 0 Å². The molecule has 0 fully saturated rings. The highest BCUT2D eigenvalue weighted by Crippen LogP contribution is 2.12. The molecule has 0 aliphatic rings. The first-order valence-corrected chi connectivity index (χ1v) is 3.68. The molecule has 2 rings (SSSR count). The Hall–Kier alpha value is -1.57. The Bertz CT molecular complexity index is 468. The van der Waals surface area contributed by atoms with E-state index in [9.17, 15) is 4.79 Å². The van der Waals surface area contributed by atoms with Gasteiger partial charge in [-0.1, -0.05) is 0 Å². The summed E-state index contributed by atoms with van der Waals surface area (Å²) in [5, 5.41) is 0.936. The minimum Gasteiger partial charge on any atom is -0.423 e. The minimum absolute atomic E-state index is 0.320. The number of hydrogen-bond acceptors (Lipinski definition) is 2. The zero-order valence-electron chi connectivity index (χ0n) is 6.63. The Balaban J connectivity index is 2.87. The molecular formula is C10H7O2. The lowest BCUT2D eigenvalue weighted by Gasteiger charge is -1.95. The van der Waals surface area contributed by atoms with E-state index >= 15 is 0 Å². The fourth-order valence-electron chi connectivity index (χ4n) is 1.13. The van der Waals surface area contributed by atoms with Crippen molar-refractivity contribution in [2.24, 2.45) is 0 Å². The van der Waals surface area contributed by atoms with Gasteiger partial charge in [0.05, 0.1) is 0 Å². The van der Waals surface area contributed by atoms with Crippen LogP contribution in [0.15, 0.2) is 33.5 Å². The molecule has 0 saturated carbocycles. The molecule has 0 atom stereocenters. The first kappa shape index (κ1) is 7.10. The average Bonchev–Trinajstić information content (AvgIpc) is 2.05. The first-order chi connectivity index (χ1) is 5.75. The summed E-state index contributed by atoms with van der Waals surface area (Å²) in [5.41, 5.74) is 1.31. The Labute approximate surface area is 69.4 Å². The summed E-state index contributed by atoms with van der Waals surface area (Å²) in [6.07, 6.45) is 0. The maximum absolute atomic E-state index is 10.8. The third kappa shape index (κ3) is 1.11. The molecule has 0 amide bonds. The summed E-state index contributed by atoms with van der Waals surface area (Å²) >= 11 is 0. The minimum atomic E-state index is -0.320. The molecule has 0 spiro atoms. The van der Waals surface area contributed by atoms with Gasteiger partial charge in [-0.3, -0.25) is 0 Å². The van der Waals surface area contributed by atoms with Crippen molar-refractivity contribution in [1.82, 2.24) is 0 Å². The maximum atomic E-state index is 10.8. The molecule has 2 aromatic rings. The van der Waals surface area contributed by atoms with Crippen molar-refractivity contribution in [3.8, 4) is 0 Å². The van der Waals surface area contributed by atoms with Crippen LogP contribution in [0.25, 0.3) is 11.0 Å². The van der Waals surface area contributed by atoms with E-state index < -0.39 is 0 Å². The van der Waals surface area contributed by atoms with E-state index in [1.165, 1.54) is 6.07 Å². The highest BCUT2D eigenvalue weighted by molar-refractivity contribution is 5.76. The largest absolute Gasteiger partial charge is 0.423 e. The predicted molar refractivity (Wildman–Crippen MR) is 46.1 cm³/mol. The van der Waals surface area contributed by atoms with Crippen molar-refractivity contribution in [2.75, 3.05) is 0 Å². The highest BCUT2D eigenvalue weighted by Gasteiger charge is 1.95. The number of aryl methyl sites for hydroxylation is 1. The molecule has 1 aromatic heterocycles. The molecule has 0 saturated heterocycles. The summed E-state index contributed by atoms with van der Waals surface area (Å²) in [6.45, 7) is 1.95. The molecule has 2 nitrogen and oxygen atoms in total. The van der Waals surface area contributed by atoms with Crippen LogP contribution in [0.2, 0.25) is 0 Å². The molecule has 1 heterocycles. The molecule has 0 N–H and O–H groups in total. The van der Waals surface area contributed by atoms with E-state index in [1.807, 2.05) is 13.0 Å². The van der Waals surface area contributed by atoms with Crippen molar-refractivity contribution in [3.63, 3.8) is 0 Å². The van der Waals surface area contributed by atoms with Gasteiger partial charge in [0.1, 0.15) is 5.58 Å². The maximum Gasteiger partial charge on any atom is 0.336 e. The van der Waals surface area contributed by atoms with Crippen molar-refractivity contribution in [1.29, 1.82) is 0 Å². The van der Waals surface area contributed by atoms with Gasteiger partial charge in [-0.05, 0) is 36.8 Å². The van der Waals surface area contributed by atoms with Gasteiger partial charge in [-0.25, -0.2) is 4.79 Å². The zero-order valence-corrected chi connectivity index (χ0v) is 6.63. The standard InChI is InChI=1S/C10H7O2/c1-7-2-4-9-8(6-7)3-5-10(11)12-9/h3-6H,1H3. The molecule has 1 radical (unpaired) electrons. The molecule has 12 heavy (non-hydrogen) atoms. The normalized spacial score (nSPS) is 10.4. The SMILES string of the molecule is Cc1[c]cc2oc(=O)ccc2c1. The quantitative estimate of drug-likeness (QED) is 0.549. The second kappa shape index (κ2) is 2.48. The molecule has 0 aliphatic carbocycles. The third-order valence-corrected chi connectivity index (χ3v) is 1.70. The number of rotatable bonds is 0. The van der Waals surface area contributed by atoms with Gasteiger partial charge in [0.2, 0.25) is 0 Å². The van der Waals surface area contributed by atoms with E-state index in [4.69, 9.17) is 4.42 Å². The van der Waals surface area contributed by atoms with E-state index in [1.54, 1.807) is 12.1 Å². The molecule has 0 unspecified atom stereocenters. The van der Waals surface area contributed by atoms with E-state index in [-0.39, 0.29) is 5.63 Å². The lowest BCUT2D eigenvalue weighted by molar-refractivity contribution is 0.561. The van der Waals surface area contributed by atoms with Crippen LogP contribution >= 0.6 is 0 Å². The molecule has 59 valence electrons. The molecule has 0 aliphatic heterocycles.